The molecule has 0 fully saturated rings. The number of hydrogen-bond donors (Lipinski definition) is 0. The van der Waals surface area contributed by atoms with E-state index < -0.39 is 11.6 Å². The number of aryl methyl sites for hydroxylation is 1. The van der Waals surface area contributed by atoms with Crippen LogP contribution in [0.5, 0.6) is 0 Å². The molecule has 0 saturated carbocycles. The molecule has 1 heterocycles. The molecule has 0 aliphatic heterocycles. The topological polar surface area (TPSA) is 48.4 Å². The fourth-order valence-corrected chi connectivity index (χ4v) is 2.81. The molecule has 138 valence electrons. The summed E-state index contributed by atoms with van der Waals surface area (Å²) in [5.74, 6) is -0.404. The number of carbonyl (C=O) groups excluding carboxylic acids is 1. The SMILES string of the molecule is C=C(c1ccc(C(=O)OC)cn1)c1cc(C(C)(C)OCCBr)ccc1C. The fraction of sp³-hybridized carbons (Fsp3) is 0.333. The van der Waals surface area contributed by atoms with Crippen molar-refractivity contribution in [2.75, 3.05) is 19.0 Å². The van der Waals surface area contributed by atoms with Crippen LogP contribution in [0.1, 0.15) is 46.6 Å². The number of ether oxygens (including phenoxy) is 2. The Morgan fingerprint density at radius 3 is 2.58 bits per heavy atom. The number of benzene rings is 1. The number of methoxy groups -OCH3 is 1. The summed E-state index contributed by atoms with van der Waals surface area (Å²) in [6.07, 6.45) is 1.51. The van der Waals surface area contributed by atoms with Gasteiger partial charge in [-0.25, -0.2) is 4.79 Å². The monoisotopic (exact) mass is 417 g/mol. The van der Waals surface area contributed by atoms with Crippen LogP contribution in [-0.2, 0) is 15.1 Å². The summed E-state index contributed by atoms with van der Waals surface area (Å²) in [5, 5.41) is 0.790. The lowest BCUT2D eigenvalue weighted by atomic mass is 9.90. The number of rotatable bonds is 7. The highest BCUT2D eigenvalue weighted by atomic mass is 79.9. The highest BCUT2D eigenvalue weighted by Crippen LogP contribution is 2.31. The lowest BCUT2D eigenvalue weighted by Gasteiger charge is -2.27. The first-order valence-corrected chi connectivity index (χ1v) is 9.47. The van der Waals surface area contributed by atoms with E-state index in [0.717, 1.165) is 33.3 Å². The summed E-state index contributed by atoms with van der Waals surface area (Å²) in [5.41, 5.74) is 4.73. The summed E-state index contributed by atoms with van der Waals surface area (Å²) in [6.45, 7) is 11.0. The summed E-state index contributed by atoms with van der Waals surface area (Å²) in [7, 11) is 1.35. The van der Waals surface area contributed by atoms with Crippen molar-refractivity contribution in [2.24, 2.45) is 0 Å². The van der Waals surface area contributed by atoms with E-state index in [-0.39, 0.29) is 0 Å². The second-order valence-electron chi connectivity index (χ2n) is 6.48. The predicted octanol–water partition coefficient (Wildman–Crippen LogP) is 4.88. The third-order valence-corrected chi connectivity index (χ3v) is 4.62. The average molecular weight is 418 g/mol. The molecular formula is C21H24BrNO3. The predicted molar refractivity (Wildman–Crippen MR) is 108 cm³/mol. The van der Waals surface area contributed by atoms with Crippen LogP contribution in [0.3, 0.4) is 0 Å². The number of hydrogen-bond acceptors (Lipinski definition) is 4. The Labute approximate surface area is 163 Å². The Balaban J connectivity index is 2.34. The molecule has 0 atom stereocenters. The molecule has 5 heteroatoms. The maximum Gasteiger partial charge on any atom is 0.339 e. The van der Waals surface area contributed by atoms with Crippen LogP contribution in [0.2, 0.25) is 0 Å². The van der Waals surface area contributed by atoms with Crippen LogP contribution in [0.4, 0.5) is 0 Å². The first-order chi connectivity index (χ1) is 12.3. The number of alkyl halides is 1. The minimum Gasteiger partial charge on any atom is -0.465 e. The molecule has 1 aromatic heterocycles. The van der Waals surface area contributed by atoms with Crippen LogP contribution in [0, 0.1) is 6.92 Å². The molecule has 2 rings (SSSR count). The number of halogens is 1. The minimum atomic E-state index is -0.404. The van der Waals surface area contributed by atoms with Gasteiger partial charge < -0.3 is 9.47 Å². The van der Waals surface area contributed by atoms with Gasteiger partial charge in [-0.3, -0.25) is 4.98 Å². The van der Waals surface area contributed by atoms with E-state index in [4.69, 9.17) is 9.47 Å². The van der Waals surface area contributed by atoms with Crippen LogP contribution in [0.25, 0.3) is 5.57 Å². The van der Waals surface area contributed by atoms with Crippen molar-refractivity contribution < 1.29 is 14.3 Å². The quantitative estimate of drug-likeness (QED) is 0.475. The third-order valence-electron chi connectivity index (χ3n) is 4.29. The maximum atomic E-state index is 11.6. The van der Waals surface area contributed by atoms with Crippen molar-refractivity contribution in [3.8, 4) is 0 Å². The molecule has 26 heavy (non-hydrogen) atoms. The molecule has 0 bridgehead atoms. The van der Waals surface area contributed by atoms with Crippen molar-refractivity contribution >= 4 is 27.5 Å². The number of carbonyl (C=O) groups is 1. The van der Waals surface area contributed by atoms with Crippen LogP contribution in [-0.4, -0.2) is 30.0 Å². The second kappa shape index (κ2) is 8.60. The molecule has 2 aromatic rings. The molecule has 4 nitrogen and oxygen atoms in total. The first kappa shape index (κ1) is 20.3. The zero-order valence-corrected chi connectivity index (χ0v) is 17.2. The van der Waals surface area contributed by atoms with E-state index in [1.807, 2.05) is 6.92 Å². The van der Waals surface area contributed by atoms with Gasteiger partial charge in [-0.05, 0) is 55.7 Å². The van der Waals surface area contributed by atoms with Crippen LogP contribution < -0.4 is 0 Å². The zero-order valence-electron chi connectivity index (χ0n) is 15.6. The number of aromatic nitrogens is 1. The van der Waals surface area contributed by atoms with E-state index in [1.54, 1.807) is 12.1 Å². The third kappa shape index (κ3) is 4.59. The molecule has 0 aliphatic carbocycles. The minimum absolute atomic E-state index is 0.404. The molecule has 0 saturated heterocycles. The lowest BCUT2D eigenvalue weighted by Crippen LogP contribution is -2.23. The van der Waals surface area contributed by atoms with Gasteiger partial charge in [0.1, 0.15) is 0 Å². The molecule has 0 aliphatic rings. The molecule has 0 unspecified atom stereocenters. The maximum absolute atomic E-state index is 11.6. The van der Waals surface area contributed by atoms with Gasteiger partial charge in [-0.1, -0.05) is 34.6 Å². The van der Waals surface area contributed by atoms with Crippen molar-refractivity contribution in [3.05, 3.63) is 71.1 Å². The van der Waals surface area contributed by atoms with Gasteiger partial charge in [0.2, 0.25) is 0 Å². The molecule has 1 aromatic carbocycles. The van der Waals surface area contributed by atoms with Gasteiger partial charge in [-0.15, -0.1) is 0 Å². The first-order valence-electron chi connectivity index (χ1n) is 8.35. The average Bonchev–Trinajstić information content (AvgIpc) is 2.65. The lowest BCUT2D eigenvalue weighted by molar-refractivity contribution is -0.0121. The Morgan fingerprint density at radius 1 is 1.27 bits per heavy atom. The molecule has 0 amide bonds. The largest absolute Gasteiger partial charge is 0.465 e. The zero-order chi connectivity index (χ0) is 19.3. The van der Waals surface area contributed by atoms with Gasteiger partial charge in [0.05, 0.1) is 30.6 Å². The van der Waals surface area contributed by atoms with E-state index in [9.17, 15) is 4.79 Å². The summed E-state index contributed by atoms with van der Waals surface area (Å²) >= 11 is 3.40. The van der Waals surface area contributed by atoms with Gasteiger partial charge in [0.15, 0.2) is 0 Å². The summed E-state index contributed by atoms with van der Waals surface area (Å²) in [4.78, 5) is 15.9. The number of esters is 1. The molecule has 0 spiro atoms. The Hall–Kier alpha value is -1.98. The van der Waals surface area contributed by atoms with Crippen molar-refractivity contribution in [2.45, 2.75) is 26.4 Å². The van der Waals surface area contributed by atoms with Gasteiger partial charge in [-0.2, -0.15) is 0 Å². The summed E-state index contributed by atoms with van der Waals surface area (Å²) in [6, 6.07) is 9.72. The molecular weight excluding hydrogens is 394 g/mol. The van der Waals surface area contributed by atoms with Gasteiger partial charge >= 0.3 is 5.97 Å². The van der Waals surface area contributed by atoms with Crippen molar-refractivity contribution in [3.63, 3.8) is 0 Å². The highest BCUT2D eigenvalue weighted by Gasteiger charge is 2.22. The van der Waals surface area contributed by atoms with Crippen molar-refractivity contribution in [1.29, 1.82) is 0 Å². The van der Waals surface area contributed by atoms with Gasteiger partial charge in [0.25, 0.3) is 0 Å². The fourth-order valence-electron chi connectivity index (χ4n) is 2.65. The Kier molecular flexibility index (Phi) is 6.73. The highest BCUT2D eigenvalue weighted by molar-refractivity contribution is 9.09. The summed E-state index contributed by atoms with van der Waals surface area (Å²) < 4.78 is 10.7. The van der Waals surface area contributed by atoms with Gasteiger partial charge in [0, 0.05) is 17.1 Å². The van der Waals surface area contributed by atoms with E-state index >= 15 is 0 Å². The van der Waals surface area contributed by atoms with Crippen LogP contribution in [0.15, 0.2) is 43.1 Å². The van der Waals surface area contributed by atoms with E-state index in [0.29, 0.717) is 12.2 Å². The van der Waals surface area contributed by atoms with E-state index in [2.05, 4.69) is 59.5 Å². The van der Waals surface area contributed by atoms with Crippen LogP contribution >= 0.6 is 15.9 Å². The normalized spacial score (nSPS) is 11.3. The number of nitrogens with zero attached hydrogens (tertiary/aromatic N) is 1. The second-order valence-corrected chi connectivity index (χ2v) is 7.27. The van der Waals surface area contributed by atoms with Crippen molar-refractivity contribution in [1.82, 2.24) is 4.98 Å². The van der Waals surface area contributed by atoms with E-state index in [1.165, 1.54) is 13.3 Å². The Morgan fingerprint density at radius 2 is 2.00 bits per heavy atom. The smallest absolute Gasteiger partial charge is 0.339 e. The Bertz CT molecular complexity index is 797. The molecule has 0 radical (unpaired) electrons. The molecule has 0 N–H and O–H groups in total. The standard InChI is InChI=1S/C21H24BrNO3/c1-14-6-8-17(21(3,4)26-11-10-22)12-18(14)15(2)19-9-7-16(13-23-19)20(24)25-5/h6-9,12-13H,2,10-11H2,1,3-5H3. The number of pyridine rings is 1.